The fourth-order valence-corrected chi connectivity index (χ4v) is 1.30. The third-order valence-corrected chi connectivity index (χ3v) is 1.96. The van der Waals surface area contributed by atoms with E-state index >= 15 is 0 Å². The molecule has 1 aromatic heterocycles. The van der Waals surface area contributed by atoms with Gasteiger partial charge in [-0.2, -0.15) is 4.98 Å². The van der Waals surface area contributed by atoms with E-state index in [9.17, 15) is 9.90 Å². The van der Waals surface area contributed by atoms with Crippen molar-refractivity contribution in [3.8, 4) is 0 Å². The Bertz CT molecular complexity index is 349. The van der Waals surface area contributed by atoms with Crippen molar-refractivity contribution in [2.45, 2.75) is 26.4 Å². The Labute approximate surface area is 93.4 Å². The Morgan fingerprint density at radius 2 is 2.31 bits per heavy atom. The average Bonchev–Trinajstić information content (AvgIpc) is 2.60. The van der Waals surface area contributed by atoms with Crippen LogP contribution in [0, 0.1) is 5.92 Å². The monoisotopic (exact) mass is 227 g/mol. The van der Waals surface area contributed by atoms with E-state index in [0.29, 0.717) is 12.3 Å². The summed E-state index contributed by atoms with van der Waals surface area (Å²) in [5.74, 6) is 0.0296. The van der Waals surface area contributed by atoms with E-state index < -0.39 is 12.0 Å². The highest BCUT2D eigenvalue weighted by Gasteiger charge is 2.13. The van der Waals surface area contributed by atoms with Crippen LogP contribution >= 0.6 is 0 Å². The number of nitrogens with zero attached hydrogens (tertiary/aromatic N) is 2. The Kier molecular flexibility index (Phi) is 4.24. The van der Waals surface area contributed by atoms with Crippen LogP contribution in [0.5, 0.6) is 0 Å². The van der Waals surface area contributed by atoms with Crippen LogP contribution in [0.2, 0.25) is 0 Å². The zero-order valence-corrected chi connectivity index (χ0v) is 9.40. The van der Waals surface area contributed by atoms with Crippen molar-refractivity contribution < 1.29 is 9.90 Å². The second-order valence-corrected chi connectivity index (χ2v) is 4.04. The van der Waals surface area contributed by atoms with Crippen molar-refractivity contribution in [1.82, 2.24) is 20.5 Å². The number of nitrogens with two attached hydrogens (primary N) is 1. The van der Waals surface area contributed by atoms with Crippen LogP contribution in [0.3, 0.4) is 0 Å². The molecule has 0 radical (unpaired) electrons. The highest BCUT2D eigenvalue weighted by atomic mass is 16.3. The first-order chi connectivity index (χ1) is 7.49. The third-order valence-electron chi connectivity index (χ3n) is 1.96. The van der Waals surface area contributed by atoms with E-state index in [1.165, 1.54) is 0 Å². The van der Waals surface area contributed by atoms with Crippen molar-refractivity contribution in [2.75, 3.05) is 12.3 Å². The normalized spacial score (nSPS) is 12.8. The molecule has 0 aliphatic rings. The van der Waals surface area contributed by atoms with E-state index in [1.54, 1.807) is 0 Å². The molecule has 7 heteroatoms. The average molecular weight is 227 g/mol. The van der Waals surface area contributed by atoms with E-state index in [1.807, 2.05) is 13.8 Å². The van der Waals surface area contributed by atoms with Crippen LogP contribution in [0.25, 0.3) is 0 Å². The zero-order valence-electron chi connectivity index (χ0n) is 9.40. The molecule has 0 aliphatic heterocycles. The summed E-state index contributed by atoms with van der Waals surface area (Å²) in [7, 11) is 0. The summed E-state index contributed by atoms with van der Waals surface area (Å²) in [4.78, 5) is 15.1. The molecule has 0 aliphatic carbocycles. The summed E-state index contributed by atoms with van der Waals surface area (Å²) in [6.07, 6.45) is 0.0861. The van der Waals surface area contributed by atoms with Crippen LogP contribution in [0.4, 0.5) is 5.95 Å². The Morgan fingerprint density at radius 1 is 1.62 bits per heavy atom. The van der Waals surface area contributed by atoms with Gasteiger partial charge in [-0.15, -0.1) is 5.10 Å². The van der Waals surface area contributed by atoms with Crippen molar-refractivity contribution in [3.63, 3.8) is 0 Å². The highest BCUT2D eigenvalue weighted by molar-refractivity contribution is 5.90. The number of H-pyrrole nitrogens is 1. The largest absolute Gasteiger partial charge is 0.391 e. The highest BCUT2D eigenvalue weighted by Crippen LogP contribution is 2.03. The maximum Gasteiger partial charge on any atom is 0.288 e. The minimum absolute atomic E-state index is 0.0212. The van der Waals surface area contributed by atoms with Crippen LogP contribution in [-0.2, 0) is 0 Å². The minimum Gasteiger partial charge on any atom is -0.391 e. The SMILES string of the molecule is CC(C)CC(O)CNC(=O)c1nc(N)n[nH]1. The number of carbonyl (C=O) groups is 1. The smallest absolute Gasteiger partial charge is 0.288 e. The van der Waals surface area contributed by atoms with Gasteiger partial charge >= 0.3 is 0 Å². The van der Waals surface area contributed by atoms with Gasteiger partial charge in [-0.3, -0.25) is 9.89 Å². The molecule has 7 nitrogen and oxygen atoms in total. The van der Waals surface area contributed by atoms with Gasteiger partial charge in [0.05, 0.1) is 6.10 Å². The summed E-state index contributed by atoms with van der Waals surface area (Å²) in [6, 6.07) is 0. The van der Waals surface area contributed by atoms with E-state index in [-0.39, 0.29) is 18.3 Å². The van der Waals surface area contributed by atoms with Gasteiger partial charge in [-0.1, -0.05) is 13.8 Å². The molecule has 1 heterocycles. The van der Waals surface area contributed by atoms with Crippen LogP contribution in [0.15, 0.2) is 0 Å². The fourth-order valence-electron chi connectivity index (χ4n) is 1.30. The molecule has 1 amide bonds. The molecule has 16 heavy (non-hydrogen) atoms. The fraction of sp³-hybridized carbons (Fsp3) is 0.667. The zero-order chi connectivity index (χ0) is 12.1. The molecular weight excluding hydrogens is 210 g/mol. The molecule has 5 N–H and O–H groups in total. The maximum atomic E-state index is 11.4. The molecule has 0 bridgehead atoms. The van der Waals surface area contributed by atoms with Crippen molar-refractivity contribution in [2.24, 2.45) is 5.92 Å². The lowest BCUT2D eigenvalue weighted by atomic mass is 10.1. The first kappa shape index (κ1) is 12.4. The summed E-state index contributed by atoms with van der Waals surface area (Å²) in [5.41, 5.74) is 5.26. The van der Waals surface area contributed by atoms with Crippen LogP contribution < -0.4 is 11.1 Å². The summed E-state index contributed by atoms with van der Waals surface area (Å²) in [6.45, 7) is 4.20. The first-order valence-electron chi connectivity index (χ1n) is 5.13. The lowest BCUT2D eigenvalue weighted by Crippen LogP contribution is -2.33. The van der Waals surface area contributed by atoms with E-state index in [4.69, 9.17) is 5.73 Å². The predicted molar refractivity (Wildman–Crippen MR) is 58.6 cm³/mol. The lowest BCUT2D eigenvalue weighted by Gasteiger charge is -2.12. The quantitative estimate of drug-likeness (QED) is 0.542. The topological polar surface area (TPSA) is 117 Å². The summed E-state index contributed by atoms with van der Waals surface area (Å²) >= 11 is 0. The number of nitrogens with one attached hydrogen (secondary N) is 2. The number of hydrogen-bond donors (Lipinski definition) is 4. The van der Waals surface area contributed by atoms with Crippen molar-refractivity contribution in [1.29, 1.82) is 0 Å². The molecule has 0 saturated carbocycles. The number of aromatic nitrogens is 3. The second-order valence-electron chi connectivity index (χ2n) is 4.04. The van der Waals surface area contributed by atoms with Gasteiger partial charge in [0.15, 0.2) is 0 Å². The van der Waals surface area contributed by atoms with Crippen molar-refractivity contribution in [3.05, 3.63) is 5.82 Å². The molecular formula is C9H17N5O2. The molecule has 0 saturated heterocycles. The minimum atomic E-state index is -0.552. The first-order valence-corrected chi connectivity index (χ1v) is 5.13. The molecule has 0 spiro atoms. The number of nitrogen functional groups attached to an aromatic ring is 1. The van der Waals surface area contributed by atoms with Gasteiger partial charge in [-0.05, 0) is 12.3 Å². The molecule has 1 atom stereocenters. The number of carbonyl (C=O) groups excluding carboxylic acids is 1. The van der Waals surface area contributed by atoms with E-state index in [0.717, 1.165) is 0 Å². The molecule has 1 rings (SSSR count). The molecule has 90 valence electrons. The van der Waals surface area contributed by atoms with Gasteiger partial charge in [0.1, 0.15) is 0 Å². The van der Waals surface area contributed by atoms with Gasteiger partial charge in [-0.25, -0.2) is 0 Å². The Hall–Kier alpha value is -1.63. The lowest BCUT2D eigenvalue weighted by molar-refractivity contribution is 0.0890. The van der Waals surface area contributed by atoms with Crippen molar-refractivity contribution >= 4 is 11.9 Å². The predicted octanol–water partition coefficient (Wildman–Crippen LogP) is -0.476. The number of aliphatic hydroxyl groups excluding tert-OH is 1. The molecule has 0 aromatic carbocycles. The number of anilines is 1. The molecule has 1 aromatic rings. The number of amides is 1. The number of rotatable bonds is 5. The van der Waals surface area contributed by atoms with Gasteiger partial charge < -0.3 is 16.2 Å². The standard InChI is InChI=1S/C9H17N5O2/c1-5(2)3-6(15)4-11-8(16)7-12-9(10)14-13-7/h5-6,15H,3-4H2,1-2H3,(H,11,16)(H3,10,12,13,14). The number of aromatic amines is 1. The molecule has 1 unspecified atom stereocenters. The summed E-state index contributed by atoms with van der Waals surface area (Å²) in [5, 5.41) is 18.0. The van der Waals surface area contributed by atoms with Gasteiger partial charge in [0.2, 0.25) is 11.8 Å². The second kappa shape index (κ2) is 5.45. The maximum absolute atomic E-state index is 11.4. The number of hydrogen-bond acceptors (Lipinski definition) is 5. The number of aliphatic hydroxyl groups is 1. The Balaban J connectivity index is 2.35. The van der Waals surface area contributed by atoms with Gasteiger partial charge in [0, 0.05) is 6.54 Å². The Morgan fingerprint density at radius 3 is 2.81 bits per heavy atom. The third kappa shape index (κ3) is 3.85. The molecule has 0 fully saturated rings. The van der Waals surface area contributed by atoms with Crippen LogP contribution in [0.1, 0.15) is 30.9 Å². The summed E-state index contributed by atoms with van der Waals surface area (Å²) < 4.78 is 0. The van der Waals surface area contributed by atoms with E-state index in [2.05, 4.69) is 20.5 Å². The van der Waals surface area contributed by atoms with Gasteiger partial charge in [0.25, 0.3) is 5.91 Å². The van der Waals surface area contributed by atoms with Crippen LogP contribution in [-0.4, -0.2) is 38.8 Å².